The molecule has 0 amide bonds. The van der Waals surface area contributed by atoms with Crippen molar-refractivity contribution in [2.45, 2.75) is 25.3 Å². The number of halogens is 1. The van der Waals surface area contributed by atoms with Crippen molar-refractivity contribution in [2.24, 2.45) is 0 Å². The van der Waals surface area contributed by atoms with E-state index in [1.54, 1.807) is 18.2 Å². The van der Waals surface area contributed by atoms with Gasteiger partial charge in [-0.05, 0) is 43.7 Å². The fourth-order valence-electron chi connectivity index (χ4n) is 2.95. The molecular formula is C20H22ClN3O2S. The number of hydrogen-bond donors (Lipinski definition) is 0. The van der Waals surface area contributed by atoms with Gasteiger partial charge in [0.15, 0.2) is 5.82 Å². The summed E-state index contributed by atoms with van der Waals surface area (Å²) in [6.45, 7) is 4.70. The van der Waals surface area contributed by atoms with Crippen LogP contribution in [-0.2, 0) is 16.6 Å². The highest BCUT2D eigenvalue weighted by Crippen LogP contribution is 2.28. The van der Waals surface area contributed by atoms with Crippen molar-refractivity contribution in [3.63, 3.8) is 0 Å². The van der Waals surface area contributed by atoms with Crippen LogP contribution in [-0.4, -0.2) is 36.4 Å². The van der Waals surface area contributed by atoms with Gasteiger partial charge in [-0.3, -0.25) is 0 Å². The van der Waals surface area contributed by atoms with Gasteiger partial charge in [0, 0.05) is 20.6 Å². The van der Waals surface area contributed by atoms with Crippen molar-refractivity contribution in [3.8, 4) is 0 Å². The molecule has 0 spiro atoms. The molecule has 0 bridgehead atoms. The van der Waals surface area contributed by atoms with E-state index >= 15 is 0 Å². The Morgan fingerprint density at radius 3 is 2.59 bits per heavy atom. The molecule has 142 valence electrons. The van der Waals surface area contributed by atoms with Crippen LogP contribution >= 0.6 is 11.6 Å². The Balaban J connectivity index is 2.13. The highest BCUT2D eigenvalue weighted by atomic mass is 35.5. The van der Waals surface area contributed by atoms with E-state index in [1.165, 1.54) is 18.4 Å². The monoisotopic (exact) mass is 403 g/mol. The SMILES string of the molecule is CCn1c(/C(Cl)=C/c2cccc(C)c2)nc2cc(S(=O)(=O)N(C)C)ccc21. The number of aryl methyl sites for hydroxylation is 2. The third-order valence-electron chi connectivity index (χ3n) is 4.36. The zero-order valence-corrected chi connectivity index (χ0v) is 17.3. The van der Waals surface area contributed by atoms with Gasteiger partial charge >= 0.3 is 0 Å². The molecule has 0 aliphatic rings. The van der Waals surface area contributed by atoms with E-state index in [9.17, 15) is 8.42 Å². The average molecular weight is 404 g/mol. The molecule has 5 nitrogen and oxygen atoms in total. The summed E-state index contributed by atoms with van der Waals surface area (Å²) in [7, 11) is -0.494. The van der Waals surface area contributed by atoms with E-state index in [0.717, 1.165) is 16.6 Å². The fourth-order valence-corrected chi connectivity index (χ4v) is 4.15. The van der Waals surface area contributed by atoms with Crippen LogP contribution in [0.15, 0.2) is 47.4 Å². The number of rotatable bonds is 5. The normalized spacial score (nSPS) is 12.9. The van der Waals surface area contributed by atoms with Crippen LogP contribution < -0.4 is 0 Å². The summed E-state index contributed by atoms with van der Waals surface area (Å²) in [4.78, 5) is 4.83. The number of fused-ring (bicyclic) bond motifs is 1. The Hall–Kier alpha value is -2.15. The maximum absolute atomic E-state index is 12.4. The number of imidazole rings is 1. The molecule has 0 saturated carbocycles. The van der Waals surface area contributed by atoms with Gasteiger partial charge in [-0.2, -0.15) is 0 Å². The van der Waals surface area contributed by atoms with Gasteiger partial charge in [-0.15, -0.1) is 0 Å². The Morgan fingerprint density at radius 2 is 1.96 bits per heavy atom. The van der Waals surface area contributed by atoms with Crippen LogP contribution in [0.3, 0.4) is 0 Å². The molecule has 27 heavy (non-hydrogen) atoms. The number of sulfonamides is 1. The van der Waals surface area contributed by atoms with E-state index in [4.69, 9.17) is 11.6 Å². The Kier molecular flexibility index (Phi) is 5.42. The van der Waals surface area contributed by atoms with E-state index in [2.05, 4.69) is 4.98 Å². The molecule has 0 saturated heterocycles. The summed E-state index contributed by atoms with van der Waals surface area (Å²) in [6.07, 6.45) is 1.87. The van der Waals surface area contributed by atoms with E-state index in [1.807, 2.05) is 48.8 Å². The van der Waals surface area contributed by atoms with Crippen LogP contribution in [0.4, 0.5) is 0 Å². The molecule has 3 aromatic rings. The van der Waals surface area contributed by atoms with E-state index in [-0.39, 0.29) is 4.90 Å². The molecule has 0 unspecified atom stereocenters. The largest absolute Gasteiger partial charge is 0.324 e. The third kappa shape index (κ3) is 3.78. The molecule has 1 heterocycles. The predicted molar refractivity (Wildman–Crippen MR) is 111 cm³/mol. The van der Waals surface area contributed by atoms with E-state index < -0.39 is 10.0 Å². The van der Waals surface area contributed by atoms with Crippen molar-refractivity contribution >= 4 is 43.8 Å². The fraction of sp³-hybridized carbons (Fsp3) is 0.250. The van der Waals surface area contributed by atoms with Gasteiger partial charge in [0.2, 0.25) is 10.0 Å². The lowest BCUT2D eigenvalue weighted by atomic mass is 10.1. The standard InChI is InChI=1S/C20H22ClN3O2S/c1-5-24-19-10-9-16(27(25,26)23(3)4)13-18(19)22-20(24)17(21)12-15-8-6-7-14(2)11-15/h6-13H,5H2,1-4H3/b17-12-. The zero-order valence-electron chi connectivity index (χ0n) is 15.8. The molecule has 0 aliphatic carbocycles. The van der Waals surface area contributed by atoms with Gasteiger partial charge in [0.25, 0.3) is 0 Å². The van der Waals surface area contributed by atoms with Crippen LogP contribution in [0.2, 0.25) is 0 Å². The zero-order chi connectivity index (χ0) is 19.8. The first kappa shape index (κ1) is 19.6. The van der Waals surface area contributed by atoms with Crippen molar-refractivity contribution in [2.75, 3.05) is 14.1 Å². The molecule has 0 aliphatic heterocycles. The summed E-state index contributed by atoms with van der Waals surface area (Å²) in [5, 5.41) is 0.510. The number of hydrogen-bond acceptors (Lipinski definition) is 3. The molecule has 0 fully saturated rings. The van der Waals surface area contributed by atoms with Crippen LogP contribution in [0.25, 0.3) is 22.1 Å². The van der Waals surface area contributed by atoms with Crippen molar-refractivity contribution in [3.05, 3.63) is 59.4 Å². The Labute approximate surface area is 164 Å². The van der Waals surface area contributed by atoms with Gasteiger partial charge in [-0.25, -0.2) is 17.7 Å². The van der Waals surface area contributed by atoms with Crippen molar-refractivity contribution in [1.29, 1.82) is 0 Å². The average Bonchev–Trinajstić information content (AvgIpc) is 2.99. The first-order chi connectivity index (χ1) is 12.7. The maximum atomic E-state index is 12.4. The van der Waals surface area contributed by atoms with Crippen molar-refractivity contribution < 1.29 is 8.42 Å². The molecule has 1 aromatic heterocycles. The number of nitrogens with zero attached hydrogens (tertiary/aromatic N) is 3. The minimum atomic E-state index is -3.52. The third-order valence-corrected chi connectivity index (χ3v) is 6.45. The number of benzene rings is 2. The van der Waals surface area contributed by atoms with E-state index in [0.29, 0.717) is 22.9 Å². The minimum Gasteiger partial charge on any atom is -0.324 e. The second kappa shape index (κ2) is 7.46. The topological polar surface area (TPSA) is 55.2 Å². The van der Waals surface area contributed by atoms with Gasteiger partial charge in [-0.1, -0.05) is 41.4 Å². The van der Waals surface area contributed by atoms with Crippen LogP contribution in [0.5, 0.6) is 0 Å². The summed E-state index contributed by atoms with van der Waals surface area (Å²) in [5.74, 6) is 0.620. The van der Waals surface area contributed by atoms with Gasteiger partial charge in [0.1, 0.15) is 0 Å². The lowest BCUT2D eigenvalue weighted by Gasteiger charge is -2.11. The number of aromatic nitrogens is 2. The first-order valence-corrected chi connectivity index (χ1v) is 10.4. The van der Waals surface area contributed by atoms with Crippen LogP contribution in [0.1, 0.15) is 23.9 Å². The second-order valence-electron chi connectivity index (χ2n) is 6.52. The van der Waals surface area contributed by atoms with Crippen LogP contribution in [0, 0.1) is 6.92 Å². The van der Waals surface area contributed by atoms with Gasteiger partial charge in [0.05, 0.1) is 21.0 Å². The summed E-state index contributed by atoms with van der Waals surface area (Å²) in [5.41, 5.74) is 3.59. The molecule has 0 radical (unpaired) electrons. The predicted octanol–water partition coefficient (Wildman–Crippen LogP) is 4.35. The molecular weight excluding hydrogens is 382 g/mol. The Bertz CT molecular complexity index is 1130. The highest BCUT2D eigenvalue weighted by Gasteiger charge is 2.20. The minimum absolute atomic E-state index is 0.214. The summed E-state index contributed by atoms with van der Waals surface area (Å²) < 4.78 is 28.0. The summed E-state index contributed by atoms with van der Waals surface area (Å²) >= 11 is 6.58. The molecule has 0 N–H and O–H groups in total. The van der Waals surface area contributed by atoms with Gasteiger partial charge < -0.3 is 4.57 Å². The lowest BCUT2D eigenvalue weighted by Crippen LogP contribution is -2.22. The first-order valence-electron chi connectivity index (χ1n) is 8.61. The lowest BCUT2D eigenvalue weighted by molar-refractivity contribution is 0.521. The molecule has 2 aromatic carbocycles. The molecule has 7 heteroatoms. The highest BCUT2D eigenvalue weighted by molar-refractivity contribution is 7.89. The smallest absolute Gasteiger partial charge is 0.242 e. The molecule has 0 atom stereocenters. The molecule has 3 rings (SSSR count). The maximum Gasteiger partial charge on any atom is 0.242 e. The Morgan fingerprint density at radius 1 is 1.22 bits per heavy atom. The second-order valence-corrected chi connectivity index (χ2v) is 9.08. The van der Waals surface area contributed by atoms with Crippen molar-refractivity contribution in [1.82, 2.24) is 13.9 Å². The quantitative estimate of drug-likeness (QED) is 0.636. The summed E-state index contributed by atoms with van der Waals surface area (Å²) in [6, 6.07) is 13.0.